The molecular formula is C21H25ClN2O2S. The van der Waals surface area contributed by atoms with Gasteiger partial charge in [0.05, 0.1) is 16.5 Å². The van der Waals surface area contributed by atoms with Crippen LogP contribution in [0.2, 0.25) is 5.02 Å². The Morgan fingerprint density at radius 1 is 1.04 bits per heavy atom. The Kier molecular flexibility index (Phi) is 8.20. The highest BCUT2D eigenvalue weighted by Gasteiger charge is 2.21. The second-order valence-corrected chi connectivity index (χ2v) is 8.00. The van der Waals surface area contributed by atoms with Gasteiger partial charge in [-0.05, 0) is 56.2 Å². The Labute approximate surface area is 170 Å². The predicted octanol–water partition coefficient (Wildman–Crippen LogP) is 5.38. The summed E-state index contributed by atoms with van der Waals surface area (Å²) < 4.78 is 0. The molecule has 0 spiro atoms. The summed E-state index contributed by atoms with van der Waals surface area (Å²) in [6, 6.07) is 14.6. The van der Waals surface area contributed by atoms with Crippen molar-refractivity contribution in [3.8, 4) is 0 Å². The zero-order chi connectivity index (χ0) is 19.8. The first-order chi connectivity index (χ1) is 12.9. The van der Waals surface area contributed by atoms with Crippen LogP contribution in [0.3, 0.4) is 0 Å². The summed E-state index contributed by atoms with van der Waals surface area (Å²) in [5, 5.41) is 6.26. The number of benzene rings is 2. The van der Waals surface area contributed by atoms with Gasteiger partial charge in [-0.3, -0.25) is 9.59 Å². The molecule has 4 nitrogen and oxygen atoms in total. The highest BCUT2D eigenvalue weighted by molar-refractivity contribution is 8.00. The molecule has 2 rings (SSSR count). The van der Waals surface area contributed by atoms with Crippen molar-refractivity contribution in [2.45, 2.75) is 49.8 Å². The second kappa shape index (κ2) is 10.4. The van der Waals surface area contributed by atoms with Crippen molar-refractivity contribution >= 4 is 40.9 Å². The fourth-order valence-electron chi connectivity index (χ4n) is 2.41. The first-order valence-electron chi connectivity index (χ1n) is 9.07. The summed E-state index contributed by atoms with van der Waals surface area (Å²) in [4.78, 5) is 26.3. The highest BCUT2D eigenvalue weighted by Crippen LogP contribution is 2.28. The van der Waals surface area contributed by atoms with Gasteiger partial charge in [0.15, 0.2) is 0 Å². The zero-order valence-electron chi connectivity index (χ0n) is 15.8. The molecule has 144 valence electrons. The Bertz CT molecular complexity index is 780. The molecule has 0 saturated heterocycles. The van der Waals surface area contributed by atoms with Gasteiger partial charge in [0.2, 0.25) is 5.91 Å². The first-order valence-corrected chi connectivity index (χ1v) is 10.3. The number of hydrogen-bond acceptors (Lipinski definition) is 3. The van der Waals surface area contributed by atoms with Crippen LogP contribution in [0.1, 0.15) is 44.0 Å². The minimum atomic E-state index is -0.267. The van der Waals surface area contributed by atoms with E-state index in [4.69, 9.17) is 11.6 Å². The number of carbonyl (C=O) groups excluding carboxylic acids is 2. The van der Waals surface area contributed by atoms with Gasteiger partial charge in [0.25, 0.3) is 5.91 Å². The van der Waals surface area contributed by atoms with Crippen LogP contribution < -0.4 is 10.6 Å². The normalized spacial score (nSPS) is 12.9. The van der Waals surface area contributed by atoms with E-state index in [2.05, 4.69) is 10.6 Å². The van der Waals surface area contributed by atoms with Gasteiger partial charge in [-0.2, -0.15) is 0 Å². The van der Waals surface area contributed by atoms with Gasteiger partial charge in [-0.25, -0.2) is 0 Å². The number of thioether (sulfide) groups is 1. The smallest absolute Gasteiger partial charge is 0.253 e. The highest BCUT2D eigenvalue weighted by atomic mass is 35.5. The van der Waals surface area contributed by atoms with Crippen LogP contribution >= 0.6 is 23.4 Å². The summed E-state index contributed by atoms with van der Waals surface area (Å²) in [6.07, 6.45) is 1.51. The van der Waals surface area contributed by atoms with Crippen molar-refractivity contribution in [1.82, 2.24) is 5.32 Å². The third kappa shape index (κ3) is 6.29. The number of anilines is 1. The van der Waals surface area contributed by atoms with Crippen LogP contribution in [0.15, 0.2) is 53.4 Å². The van der Waals surface area contributed by atoms with E-state index in [1.807, 2.05) is 51.1 Å². The van der Waals surface area contributed by atoms with Gasteiger partial charge in [-0.1, -0.05) is 37.6 Å². The van der Waals surface area contributed by atoms with Crippen molar-refractivity contribution < 1.29 is 9.59 Å². The minimum absolute atomic E-state index is 0.0742. The molecule has 0 saturated carbocycles. The van der Waals surface area contributed by atoms with E-state index in [0.29, 0.717) is 22.7 Å². The molecule has 0 aliphatic rings. The van der Waals surface area contributed by atoms with Gasteiger partial charge < -0.3 is 10.6 Å². The molecule has 27 heavy (non-hydrogen) atoms. The average Bonchev–Trinajstić information content (AvgIpc) is 2.67. The van der Waals surface area contributed by atoms with Gasteiger partial charge in [0, 0.05) is 16.0 Å². The van der Waals surface area contributed by atoms with Gasteiger partial charge >= 0.3 is 0 Å². The van der Waals surface area contributed by atoms with Gasteiger partial charge in [-0.15, -0.1) is 11.8 Å². The van der Waals surface area contributed by atoms with E-state index in [9.17, 15) is 9.59 Å². The average molecular weight is 405 g/mol. The Balaban J connectivity index is 2.11. The number of hydrogen-bond donors (Lipinski definition) is 2. The number of para-hydroxylation sites is 1. The third-order valence-corrected chi connectivity index (χ3v) is 5.80. The predicted molar refractivity (Wildman–Crippen MR) is 114 cm³/mol. The van der Waals surface area contributed by atoms with E-state index >= 15 is 0 Å². The number of carbonyl (C=O) groups is 2. The SMILES string of the molecule is CC[C@@H](C)NC(=O)c1ccccc1NC(=O)[C@H](CC)Sc1ccc(Cl)cc1. The zero-order valence-corrected chi connectivity index (χ0v) is 17.4. The molecule has 2 atom stereocenters. The molecule has 2 aromatic carbocycles. The second-order valence-electron chi connectivity index (χ2n) is 6.29. The molecule has 0 bridgehead atoms. The van der Waals surface area contributed by atoms with Crippen LogP contribution in [-0.4, -0.2) is 23.1 Å². The molecule has 0 unspecified atom stereocenters. The van der Waals surface area contributed by atoms with Crippen LogP contribution in [-0.2, 0) is 4.79 Å². The molecule has 0 aromatic heterocycles. The Hall–Kier alpha value is -1.98. The lowest BCUT2D eigenvalue weighted by Crippen LogP contribution is -2.33. The van der Waals surface area contributed by atoms with Crippen molar-refractivity contribution in [3.63, 3.8) is 0 Å². The van der Waals surface area contributed by atoms with Crippen LogP contribution in [0.25, 0.3) is 0 Å². The molecule has 0 fully saturated rings. The topological polar surface area (TPSA) is 58.2 Å². The standard InChI is InChI=1S/C21H25ClN2O2S/c1-4-14(3)23-20(25)17-8-6-7-9-18(17)24-21(26)19(5-2)27-16-12-10-15(22)11-13-16/h6-14,19H,4-5H2,1-3H3,(H,23,25)(H,24,26)/t14-,19+/m1/s1. The lowest BCUT2D eigenvalue weighted by atomic mass is 10.1. The lowest BCUT2D eigenvalue weighted by molar-refractivity contribution is -0.115. The number of nitrogens with one attached hydrogen (secondary N) is 2. The van der Waals surface area contributed by atoms with Gasteiger partial charge in [0.1, 0.15) is 0 Å². The molecule has 2 aromatic rings. The van der Waals surface area contributed by atoms with Crippen molar-refractivity contribution in [1.29, 1.82) is 0 Å². The van der Waals surface area contributed by atoms with Crippen molar-refractivity contribution in [3.05, 3.63) is 59.1 Å². The van der Waals surface area contributed by atoms with Crippen LogP contribution in [0.4, 0.5) is 5.69 Å². The Morgan fingerprint density at radius 2 is 1.70 bits per heavy atom. The van der Waals surface area contributed by atoms with E-state index in [-0.39, 0.29) is 23.1 Å². The summed E-state index contributed by atoms with van der Waals surface area (Å²) in [6.45, 7) is 5.93. The summed E-state index contributed by atoms with van der Waals surface area (Å²) in [5.74, 6) is -0.306. The minimum Gasteiger partial charge on any atom is -0.350 e. The van der Waals surface area contributed by atoms with E-state index in [1.54, 1.807) is 18.2 Å². The fourth-order valence-corrected chi connectivity index (χ4v) is 3.49. The molecule has 0 aliphatic heterocycles. The number of rotatable bonds is 8. The molecule has 0 radical (unpaired) electrons. The van der Waals surface area contributed by atoms with E-state index in [1.165, 1.54) is 11.8 Å². The largest absolute Gasteiger partial charge is 0.350 e. The number of amides is 2. The summed E-state index contributed by atoms with van der Waals surface area (Å²) in [7, 11) is 0. The maximum atomic E-state index is 12.8. The number of halogens is 1. The lowest BCUT2D eigenvalue weighted by Gasteiger charge is -2.18. The molecule has 6 heteroatoms. The monoisotopic (exact) mass is 404 g/mol. The maximum absolute atomic E-state index is 12.8. The quantitative estimate of drug-likeness (QED) is 0.581. The van der Waals surface area contributed by atoms with Crippen molar-refractivity contribution in [2.75, 3.05) is 5.32 Å². The molecule has 2 N–H and O–H groups in total. The molecule has 2 amide bonds. The van der Waals surface area contributed by atoms with Crippen molar-refractivity contribution in [2.24, 2.45) is 0 Å². The summed E-state index contributed by atoms with van der Waals surface area (Å²) >= 11 is 7.40. The van der Waals surface area contributed by atoms with Crippen LogP contribution in [0, 0.1) is 0 Å². The van der Waals surface area contributed by atoms with Crippen LogP contribution in [0.5, 0.6) is 0 Å². The summed E-state index contributed by atoms with van der Waals surface area (Å²) in [5.41, 5.74) is 0.996. The third-order valence-electron chi connectivity index (χ3n) is 4.17. The van der Waals surface area contributed by atoms with E-state index in [0.717, 1.165) is 11.3 Å². The van der Waals surface area contributed by atoms with E-state index < -0.39 is 0 Å². The first kappa shape index (κ1) is 21.3. The molecule has 0 heterocycles. The fraction of sp³-hybridized carbons (Fsp3) is 0.333. The Morgan fingerprint density at radius 3 is 2.33 bits per heavy atom. The maximum Gasteiger partial charge on any atom is 0.253 e. The molecule has 0 aliphatic carbocycles. The molecular weight excluding hydrogens is 380 g/mol.